The lowest BCUT2D eigenvalue weighted by atomic mass is 8.53. The Kier molecular flexibility index (Phi) is 21.7. The molecule has 0 aliphatic heterocycles. The summed E-state index contributed by atoms with van der Waals surface area (Å²) in [5.41, 5.74) is 4.99. The first-order valence-corrected chi connectivity index (χ1v) is 16.3. The number of nitrogens with one attached hydrogen (secondary N) is 1. The first-order valence-electron chi connectivity index (χ1n) is 16.3. The zero-order valence-corrected chi connectivity index (χ0v) is 30.8. The summed E-state index contributed by atoms with van der Waals surface area (Å²) in [4.78, 5) is 46.2. The second kappa shape index (κ2) is 23.2. The highest BCUT2D eigenvalue weighted by atomic mass is 16.6. The maximum absolute atomic E-state index is 12.6. The molecule has 2 aromatic carbocycles. The van der Waals surface area contributed by atoms with E-state index in [1.165, 1.54) is 35.2 Å². The highest BCUT2D eigenvalue weighted by molar-refractivity contribution is 8.05. The maximum Gasteiger partial charge on any atom is 0.414 e. The summed E-state index contributed by atoms with van der Waals surface area (Å²) in [6.07, 6.45) is -3.41. The van der Waals surface area contributed by atoms with Crippen LogP contribution in [0.1, 0.15) is 54.4 Å². The van der Waals surface area contributed by atoms with Crippen molar-refractivity contribution < 1.29 is 28.9 Å². The predicted octanol–water partition coefficient (Wildman–Crippen LogP) is 0.854. The molecule has 0 atom stereocenters. The molecule has 0 aromatic heterocycles. The fourth-order valence-electron chi connectivity index (χ4n) is 4.16. The number of carbonyl (C=O) groups excluding carboxylic acids is 2. The maximum atomic E-state index is 12.6. The molecule has 1 amide bonds. The molecule has 0 aliphatic rings. The van der Waals surface area contributed by atoms with Crippen LogP contribution in [-0.4, -0.2) is 139 Å². The summed E-state index contributed by atoms with van der Waals surface area (Å²) in [5.74, 6) is -0.370. The minimum atomic E-state index is -0.723. The van der Waals surface area contributed by atoms with Crippen LogP contribution in [-0.2, 0) is 14.3 Å². The summed E-state index contributed by atoms with van der Waals surface area (Å²) in [6, 6.07) is 12.1. The third-order valence-corrected chi connectivity index (χ3v) is 6.46. The van der Waals surface area contributed by atoms with Crippen LogP contribution in [0.3, 0.4) is 0 Å². The van der Waals surface area contributed by atoms with Crippen LogP contribution in [0.25, 0.3) is 0 Å². The number of nitrogens with two attached hydrogens (primary N) is 1. The second-order valence-electron chi connectivity index (χ2n) is 13.5. The molecule has 0 spiro atoms. The van der Waals surface area contributed by atoms with E-state index in [4.69, 9.17) is 69.4 Å². The third kappa shape index (κ3) is 20.5. The van der Waals surface area contributed by atoms with E-state index >= 15 is 0 Å². The molecular weight excluding hydrogens is 652 g/mol. The number of rotatable bonds is 14. The molecule has 14 radical (unpaired) electrons. The van der Waals surface area contributed by atoms with Gasteiger partial charge in [0.15, 0.2) is 0 Å². The molecule has 0 unspecified atom stereocenters. The molecule has 2 aromatic rings. The van der Waals surface area contributed by atoms with Gasteiger partial charge in [-0.05, 0) is 60.1 Å². The number of nitro groups is 2. The number of anilines is 2. The number of esters is 1. The Morgan fingerprint density at radius 3 is 1.73 bits per heavy atom. The average molecular weight is 691 g/mol. The zero-order valence-electron chi connectivity index (χ0n) is 30.8. The fourth-order valence-corrected chi connectivity index (χ4v) is 4.16. The van der Waals surface area contributed by atoms with Gasteiger partial charge in [0.25, 0.3) is 11.4 Å². The number of non-ortho nitro benzene ring substituents is 2. The minimum Gasteiger partial charge on any atom is -0.460 e. The average Bonchev–Trinajstić information content (AvgIpc) is 3.00. The number of benzene rings is 2. The van der Waals surface area contributed by atoms with Crippen molar-refractivity contribution in [1.29, 1.82) is 0 Å². The van der Waals surface area contributed by atoms with Crippen molar-refractivity contribution in [3.05, 3.63) is 68.8 Å². The highest BCUT2D eigenvalue weighted by Gasteiger charge is 2.30. The monoisotopic (exact) mass is 693 g/mol. The second-order valence-corrected chi connectivity index (χ2v) is 13.5. The molecule has 0 bridgehead atoms. The third-order valence-electron chi connectivity index (χ3n) is 6.46. The number of ether oxygens (including phenoxy) is 2. The van der Waals surface area contributed by atoms with Crippen LogP contribution in [0, 0.1) is 20.2 Å². The molecule has 0 aliphatic carbocycles. The summed E-state index contributed by atoms with van der Waals surface area (Å²) >= 11 is 0. The highest BCUT2D eigenvalue weighted by Crippen LogP contribution is 2.24. The van der Waals surface area contributed by atoms with Crippen molar-refractivity contribution in [1.82, 2.24) is 0 Å². The van der Waals surface area contributed by atoms with E-state index in [2.05, 4.69) is 5.32 Å². The lowest BCUT2D eigenvalue weighted by Gasteiger charge is -2.29. The van der Waals surface area contributed by atoms with Gasteiger partial charge >= 0.3 is 12.1 Å². The molecule has 0 saturated carbocycles. The first-order chi connectivity index (χ1) is 23.9. The number of hydrogen-bond donors (Lipinski definition) is 2. The van der Waals surface area contributed by atoms with E-state index in [9.17, 15) is 29.8 Å². The number of hydrogen-bond acceptors (Lipinski definition) is 10. The van der Waals surface area contributed by atoms with E-state index in [1.807, 2.05) is 0 Å². The summed E-state index contributed by atoms with van der Waals surface area (Å²) in [7, 11) is 37.9. The Morgan fingerprint density at radius 2 is 1.31 bits per heavy atom. The van der Waals surface area contributed by atoms with Gasteiger partial charge in [-0.1, -0.05) is 12.1 Å². The largest absolute Gasteiger partial charge is 0.460 e. The molecule has 25 heteroatoms. The van der Waals surface area contributed by atoms with Crippen molar-refractivity contribution in [3.63, 3.8) is 0 Å². The molecule has 0 fully saturated rings. The molecule has 0 saturated heterocycles. The lowest BCUT2D eigenvalue weighted by Crippen LogP contribution is -2.67. The van der Waals surface area contributed by atoms with Gasteiger partial charge in [-0.25, -0.2) is 4.79 Å². The van der Waals surface area contributed by atoms with E-state index in [1.54, 1.807) is 59.7 Å². The van der Waals surface area contributed by atoms with Gasteiger partial charge in [-0.15, -0.1) is 0 Å². The molecule has 52 heavy (non-hydrogen) atoms. The minimum absolute atomic E-state index is 0.0852. The Morgan fingerprint density at radius 1 is 0.808 bits per heavy atom. The van der Waals surface area contributed by atoms with Gasteiger partial charge in [0.2, 0.25) is 0 Å². The van der Waals surface area contributed by atoms with E-state index in [-0.39, 0.29) is 30.3 Å². The molecule has 256 valence electrons. The van der Waals surface area contributed by atoms with E-state index in [0.717, 1.165) is 5.69 Å². The lowest BCUT2D eigenvalue weighted by molar-refractivity contribution is -0.385. The van der Waals surface area contributed by atoms with Crippen LogP contribution in [0.2, 0.25) is 0 Å². The van der Waals surface area contributed by atoms with Crippen molar-refractivity contribution in [2.45, 2.75) is 65.6 Å². The van der Waals surface area contributed by atoms with Crippen LogP contribution in [0.15, 0.2) is 48.5 Å². The number of nitrogens with zero attached hydrogens (tertiary/aromatic N) is 3. The number of carbonyl (C=O) groups is 2. The Bertz CT molecular complexity index is 1430. The number of nitro benzene ring substituents is 2. The van der Waals surface area contributed by atoms with E-state index in [0.29, 0.717) is 25.2 Å². The van der Waals surface area contributed by atoms with Crippen LogP contribution < -0.4 is 16.0 Å². The topological polar surface area (TPSA) is 180 Å². The summed E-state index contributed by atoms with van der Waals surface area (Å²) in [6.45, 7) is 11.8. The Balaban J connectivity index is 0.000000861. The predicted molar refractivity (Wildman–Crippen MR) is 221 cm³/mol. The quantitative estimate of drug-likeness (QED) is 0.125. The van der Waals surface area contributed by atoms with Gasteiger partial charge in [0.1, 0.15) is 11.2 Å². The summed E-state index contributed by atoms with van der Waals surface area (Å²) in [5, 5.41) is 24.4. The van der Waals surface area contributed by atoms with E-state index < -0.39 is 59.1 Å². The molecular formula is C27H39B12N5O8. The molecule has 13 nitrogen and oxygen atoms in total. The SMILES string of the molecule is CC(C)(C)OC(=O)CCCN(C(=O)OC(C)(C)C)c1cccc([N+](=O)[O-])c1.NCCNc1cccc([N+](=O)[O-])c1.[B]B([B])B([B])B(B([B])[B])B([B])[B]. The van der Waals surface area contributed by atoms with Gasteiger partial charge in [0, 0.05) is 142 Å². The van der Waals surface area contributed by atoms with Crippen molar-refractivity contribution in [3.8, 4) is 0 Å². The molecule has 3 N–H and O–H groups in total. The van der Waals surface area contributed by atoms with Gasteiger partial charge in [-0.3, -0.25) is 29.9 Å². The van der Waals surface area contributed by atoms with Crippen molar-refractivity contribution >= 4 is 121 Å². The first kappa shape index (κ1) is 48.5. The fraction of sp³-hybridized carbons (Fsp3) is 0.481. The van der Waals surface area contributed by atoms with Crippen molar-refractivity contribution in [2.75, 3.05) is 29.9 Å². The Hall–Kier alpha value is -3.48. The van der Waals surface area contributed by atoms with Crippen LogP contribution in [0.5, 0.6) is 0 Å². The Labute approximate surface area is 318 Å². The number of amides is 1. The zero-order chi connectivity index (χ0) is 40.4. The van der Waals surface area contributed by atoms with Gasteiger partial charge in [-0.2, -0.15) is 0 Å². The molecule has 0 heterocycles. The van der Waals surface area contributed by atoms with Crippen LogP contribution in [0.4, 0.5) is 27.5 Å². The summed E-state index contributed by atoms with van der Waals surface area (Å²) < 4.78 is 10.6. The molecule has 2 rings (SSSR count). The smallest absolute Gasteiger partial charge is 0.414 e. The normalized spacial score (nSPS) is 10.4. The van der Waals surface area contributed by atoms with Gasteiger partial charge in [0.05, 0.1) is 15.5 Å². The van der Waals surface area contributed by atoms with Gasteiger partial charge < -0.3 is 20.5 Å². The standard InChI is InChI=1S/C19H28N2O6.C8H11N3O2.B12/c1-18(2,3)26-16(22)11-8-12-20(17(23)27-19(4,5)6)14-9-7-10-15(13-14)21(24)25;9-4-5-10-7-2-1-3-8(6-7)11(12)13;1-8(2)11(7)12(9(3)4)10(5)6/h7,9-10,13H,8,11-12H2,1-6H3;1-3,6,10H,4-5,9H2;. The van der Waals surface area contributed by atoms with Crippen LogP contribution >= 0.6 is 0 Å². The van der Waals surface area contributed by atoms with Crippen molar-refractivity contribution in [2.24, 2.45) is 5.73 Å².